The molecule has 2 N–H and O–H groups in total. The monoisotopic (exact) mass is 400 g/mol. The molecule has 30 heavy (non-hydrogen) atoms. The number of nitrogens with one attached hydrogen (secondary N) is 1. The van der Waals surface area contributed by atoms with E-state index < -0.39 is 17.6 Å². The average Bonchev–Trinajstić information content (AvgIpc) is 3.48. The molecule has 0 unspecified atom stereocenters. The maximum absolute atomic E-state index is 12.6. The minimum atomic E-state index is -1.02. The molecular formula is C24H20N2O4. The Bertz CT molecular complexity index is 1090. The van der Waals surface area contributed by atoms with Crippen molar-refractivity contribution >= 4 is 12.1 Å². The van der Waals surface area contributed by atoms with Gasteiger partial charge in [-0.15, -0.1) is 0 Å². The zero-order chi connectivity index (χ0) is 20.7. The summed E-state index contributed by atoms with van der Waals surface area (Å²) in [6.07, 6.45) is 2.32. The van der Waals surface area contributed by atoms with E-state index in [0.717, 1.165) is 12.8 Å². The Kier molecular flexibility index (Phi) is 4.28. The van der Waals surface area contributed by atoms with Crippen molar-refractivity contribution in [3.8, 4) is 11.1 Å². The lowest BCUT2D eigenvalue weighted by Crippen LogP contribution is -2.36. The lowest BCUT2D eigenvalue weighted by Gasteiger charge is -2.19. The van der Waals surface area contributed by atoms with E-state index in [1.54, 1.807) is 6.07 Å². The summed E-state index contributed by atoms with van der Waals surface area (Å²) in [4.78, 5) is 27.8. The minimum Gasteiger partial charge on any atom is -0.478 e. The molecule has 1 fully saturated rings. The summed E-state index contributed by atoms with van der Waals surface area (Å²) in [5, 5.41) is 12.0. The summed E-state index contributed by atoms with van der Waals surface area (Å²) in [7, 11) is 0. The average molecular weight is 400 g/mol. The molecule has 0 aliphatic heterocycles. The number of carboxylic acid groups (broad SMARTS) is 1. The van der Waals surface area contributed by atoms with Gasteiger partial charge in [-0.25, -0.2) is 9.59 Å². The Morgan fingerprint density at radius 1 is 1.00 bits per heavy atom. The highest BCUT2D eigenvalue weighted by molar-refractivity contribution is 5.87. The zero-order valence-electron chi connectivity index (χ0n) is 16.2. The Hall–Kier alpha value is -3.67. The topological polar surface area (TPSA) is 88.5 Å². The number of aromatic nitrogens is 1. The third-order valence-electron chi connectivity index (χ3n) is 5.94. The highest BCUT2D eigenvalue weighted by Crippen LogP contribution is 2.46. The van der Waals surface area contributed by atoms with E-state index in [-0.39, 0.29) is 18.1 Å². The van der Waals surface area contributed by atoms with Gasteiger partial charge in [-0.3, -0.25) is 4.98 Å². The van der Waals surface area contributed by atoms with Crippen LogP contribution in [0.3, 0.4) is 0 Å². The molecule has 0 bridgehead atoms. The largest absolute Gasteiger partial charge is 0.478 e. The van der Waals surface area contributed by atoms with Crippen LogP contribution in [0.2, 0.25) is 0 Å². The number of pyridine rings is 1. The first kappa shape index (κ1) is 18.4. The fourth-order valence-corrected chi connectivity index (χ4v) is 4.20. The van der Waals surface area contributed by atoms with Crippen LogP contribution in [-0.2, 0) is 10.3 Å². The fraction of sp³-hybridized carbons (Fsp3) is 0.208. The third-order valence-corrected chi connectivity index (χ3v) is 5.94. The number of carbonyl (C=O) groups is 2. The molecular weight excluding hydrogens is 380 g/mol. The van der Waals surface area contributed by atoms with Gasteiger partial charge in [0.15, 0.2) is 0 Å². The van der Waals surface area contributed by atoms with Crippen LogP contribution in [0.25, 0.3) is 11.1 Å². The van der Waals surface area contributed by atoms with Gasteiger partial charge in [0.05, 0.1) is 16.8 Å². The van der Waals surface area contributed by atoms with E-state index >= 15 is 0 Å². The fourth-order valence-electron chi connectivity index (χ4n) is 4.20. The van der Waals surface area contributed by atoms with Crippen molar-refractivity contribution in [1.29, 1.82) is 0 Å². The van der Waals surface area contributed by atoms with Gasteiger partial charge in [0.25, 0.3) is 0 Å². The lowest BCUT2D eigenvalue weighted by atomic mass is 9.98. The molecule has 1 amide bonds. The van der Waals surface area contributed by atoms with Gasteiger partial charge < -0.3 is 15.2 Å². The van der Waals surface area contributed by atoms with Crippen LogP contribution in [0.5, 0.6) is 0 Å². The van der Waals surface area contributed by atoms with Crippen molar-refractivity contribution in [2.24, 2.45) is 0 Å². The number of hydrogen-bond acceptors (Lipinski definition) is 4. The highest BCUT2D eigenvalue weighted by atomic mass is 16.5. The summed E-state index contributed by atoms with van der Waals surface area (Å²) in [5.74, 6) is -1.02. The highest BCUT2D eigenvalue weighted by Gasteiger charge is 2.47. The Balaban J connectivity index is 1.28. The molecule has 1 saturated carbocycles. The van der Waals surface area contributed by atoms with E-state index in [9.17, 15) is 9.59 Å². The molecule has 150 valence electrons. The summed E-state index contributed by atoms with van der Waals surface area (Å²) in [5.41, 5.74) is 4.90. The van der Waals surface area contributed by atoms with Crippen molar-refractivity contribution in [3.05, 3.63) is 89.2 Å². The number of hydrogen-bond donors (Lipinski definition) is 2. The maximum atomic E-state index is 12.6. The quantitative estimate of drug-likeness (QED) is 0.666. The van der Waals surface area contributed by atoms with Crippen LogP contribution < -0.4 is 5.32 Å². The third kappa shape index (κ3) is 3.10. The second-order valence-corrected chi connectivity index (χ2v) is 7.77. The summed E-state index contributed by atoms with van der Waals surface area (Å²) in [6, 6.07) is 19.6. The molecule has 5 rings (SSSR count). The number of carbonyl (C=O) groups excluding carboxylic acids is 1. The second-order valence-electron chi connectivity index (χ2n) is 7.77. The predicted molar refractivity (Wildman–Crippen MR) is 110 cm³/mol. The molecule has 1 heterocycles. The number of nitrogens with zero attached hydrogens (tertiary/aromatic N) is 1. The van der Waals surface area contributed by atoms with E-state index in [1.165, 1.54) is 34.5 Å². The van der Waals surface area contributed by atoms with Crippen LogP contribution in [0.15, 0.2) is 66.9 Å². The van der Waals surface area contributed by atoms with Gasteiger partial charge in [0.1, 0.15) is 6.61 Å². The molecule has 6 nitrogen and oxygen atoms in total. The lowest BCUT2D eigenvalue weighted by molar-refractivity contribution is 0.0696. The minimum absolute atomic E-state index is 0.00581. The molecule has 0 atom stereocenters. The predicted octanol–water partition coefficient (Wildman–Crippen LogP) is 4.31. The smallest absolute Gasteiger partial charge is 0.407 e. The number of aromatic carboxylic acids is 1. The van der Waals surface area contributed by atoms with Crippen molar-refractivity contribution in [3.63, 3.8) is 0 Å². The van der Waals surface area contributed by atoms with Crippen molar-refractivity contribution in [2.45, 2.75) is 24.3 Å². The Morgan fingerprint density at radius 3 is 2.17 bits per heavy atom. The SMILES string of the molecule is O=C(NC1(c2ccc(C(=O)O)cn2)CC1)OCC1c2ccccc2-c2ccccc21. The Labute approximate surface area is 173 Å². The molecule has 3 aromatic rings. The molecule has 2 aliphatic rings. The number of benzene rings is 2. The number of alkyl carbamates (subject to hydrolysis) is 1. The van der Waals surface area contributed by atoms with Crippen molar-refractivity contribution in [2.75, 3.05) is 6.61 Å². The van der Waals surface area contributed by atoms with Gasteiger partial charge >= 0.3 is 12.1 Å². The Morgan fingerprint density at radius 2 is 1.63 bits per heavy atom. The van der Waals surface area contributed by atoms with Gasteiger partial charge in [0.2, 0.25) is 0 Å². The number of fused-ring (bicyclic) bond motifs is 3. The van der Waals surface area contributed by atoms with E-state index in [1.807, 2.05) is 24.3 Å². The zero-order valence-corrected chi connectivity index (χ0v) is 16.2. The van der Waals surface area contributed by atoms with Gasteiger partial charge in [-0.2, -0.15) is 0 Å². The van der Waals surface area contributed by atoms with Crippen LogP contribution in [0, 0.1) is 0 Å². The van der Waals surface area contributed by atoms with E-state index in [0.29, 0.717) is 5.69 Å². The molecule has 2 aliphatic carbocycles. The van der Waals surface area contributed by atoms with Crippen LogP contribution >= 0.6 is 0 Å². The number of ether oxygens (including phenoxy) is 1. The normalized spacial score (nSPS) is 15.7. The molecule has 0 radical (unpaired) electrons. The molecule has 6 heteroatoms. The standard InChI is InChI=1S/C24H20N2O4/c27-22(28)15-9-10-21(25-13-15)24(11-12-24)26-23(29)30-14-20-18-7-3-1-5-16(18)17-6-2-4-8-19(17)20/h1-10,13,20H,11-12,14H2,(H,26,29)(H,27,28). The number of carboxylic acids is 1. The first-order valence-electron chi connectivity index (χ1n) is 9.90. The van der Waals surface area contributed by atoms with E-state index in [4.69, 9.17) is 9.84 Å². The van der Waals surface area contributed by atoms with Gasteiger partial charge in [-0.05, 0) is 47.2 Å². The van der Waals surface area contributed by atoms with Crippen LogP contribution in [0.1, 0.15) is 45.9 Å². The number of amides is 1. The molecule has 2 aromatic carbocycles. The first-order chi connectivity index (χ1) is 14.6. The van der Waals surface area contributed by atoms with Crippen LogP contribution in [0.4, 0.5) is 4.79 Å². The summed E-state index contributed by atoms with van der Waals surface area (Å²) < 4.78 is 5.63. The molecule has 1 aromatic heterocycles. The summed E-state index contributed by atoms with van der Waals surface area (Å²) in [6.45, 7) is 0.251. The molecule has 0 saturated heterocycles. The summed E-state index contributed by atoms with van der Waals surface area (Å²) >= 11 is 0. The second kappa shape index (κ2) is 6.99. The van der Waals surface area contributed by atoms with Gasteiger partial charge in [0, 0.05) is 12.1 Å². The van der Waals surface area contributed by atoms with E-state index in [2.05, 4.69) is 34.6 Å². The van der Waals surface area contributed by atoms with Crippen LogP contribution in [-0.4, -0.2) is 28.8 Å². The van der Waals surface area contributed by atoms with Crippen molar-refractivity contribution in [1.82, 2.24) is 10.3 Å². The van der Waals surface area contributed by atoms with Crippen molar-refractivity contribution < 1.29 is 19.4 Å². The molecule has 0 spiro atoms. The first-order valence-corrected chi connectivity index (χ1v) is 9.90. The van der Waals surface area contributed by atoms with Gasteiger partial charge in [-0.1, -0.05) is 48.5 Å². The number of rotatable bonds is 5. The maximum Gasteiger partial charge on any atom is 0.407 e.